The Balaban J connectivity index is 4.22. The lowest BCUT2D eigenvalue weighted by molar-refractivity contribution is -0.0622. The van der Waals surface area contributed by atoms with Gasteiger partial charge in [0.05, 0.1) is 19.3 Å². The lowest BCUT2D eigenvalue weighted by Gasteiger charge is -2.28. The van der Waals surface area contributed by atoms with Crippen LogP contribution in [0.25, 0.3) is 0 Å². The summed E-state index contributed by atoms with van der Waals surface area (Å²) in [5.41, 5.74) is 5.58. The van der Waals surface area contributed by atoms with E-state index in [2.05, 4.69) is 5.32 Å². The second-order valence-corrected chi connectivity index (χ2v) is 3.44. The van der Waals surface area contributed by atoms with Crippen LogP contribution >= 0.6 is 0 Å². The minimum Gasteiger partial charge on any atom is -0.383 e. The van der Waals surface area contributed by atoms with Crippen LogP contribution in [-0.4, -0.2) is 66.6 Å². The molecule has 6 nitrogen and oxygen atoms in total. The summed E-state index contributed by atoms with van der Waals surface area (Å²) in [4.78, 5) is 0. The fraction of sp³-hybridized carbons (Fsp3) is 1.00. The Morgan fingerprint density at radius 1 is 1.00 bits per heavy atom. The van der Waals surface area contributed by atoms with Gasteiger partial charge >= 0.3 is 0 Å². The van der Waals surface area contributed by atoms with Crippen molar-refractivity contribution in [1.29, 1.82) is 0 Å². The molecule has 0 radical (unpaired) electrons. The first-order chi connectivity index (χ1) is 7.73. The van der Waals surface area contributed by atoms with E-state index in [1.54, 1.807) is 28.4 Å². The molecule has 0 saturated carbocycles. The molecule has 0 aromatic heterocycles. The SMILES string of the molecule is COCC(COC)NC(OC)C(CN)OC. The van der Waals surface area contributed by atoms with Crippen LogP contribution in [0, 0.1) is 0 Å². The van der Waals surface area contributed by atoms with E-state index in [1.807, 2.05) is 0 Å². The molecule has 6 heteroatoms. The smallest absolute Gasteiger partial charge is 0.135 e. The second-order valence-electron chi connectivity index (χ2n) is 3.44. The Morgan fingerprint density at radius 2 is 1.56 bits per heavy atom. The van der Waals surface area contributed by atoms with Gasteiger partial charge in [-0.2, -0.15) is 0 Å². The average Bonchev–Trinajstić information content (AvgIpc) is 2.29. The molecule has 98 valence electrons. The number of rotatable bonds is 10. The maximum absolute atomic E-state index is 5.58. The maximum Gasteiger partial charge on any atom is 0.135 e. The van der Waals surface area contributed by atoms with Crippen molar-refractivity contribution in [3.8, 4) is 0 Å². The van der Waals surface area contributed by atoms with Gasteiger partial charge < -0.3 is 24.7 Å². The molecule has 0 heterocycles. The van der Waals surface area contributed by atoms with Gasteiger partial charge in [0.1, 0.15) is 12.3 Å². The molecule has 0 amide bonds. The van der Waals surface area contributed by atoms with Gasteiger partial charge in [0, 0.05) is 35.0 Å². The Kier molecular flexibility index (Phi) is 9.80. The van der Waals surface area contributed by atoms with E-state index < -0.39 is 0 Å². The Bertz CT molecular complexity index is 150. The summed E-state index contributed by atoms with van der Waals surface area (Å²) >= 11 is 0. The highest BCUT2D eigenvalue weighted by Crippen LogP contribution is 2.00. The molecule has 2 unspecified atom stereocenters. The third kappa shape index (κ3) is 5.74. The minimum atomic E-state index is -0.273. The predicted molar refractivity (Wildman–Crippen MR) is 61.3 cm³/mol. The maximum atomic E-state index is 5.58. The molecule has 0 rings (SSSR count). The topological polar surface area (TPSA) is 75.0 Å². The number of nitrogens with one attached hydrogen (secondary N) is 1. The largest absolute Gasteiger partial charge is 0.383 e. The third-order valence-corrected chi connectivity index (χ3v) is 2.26. The van der Waals surface area contributed by atoms with Crippen molar-refractivity contribution < 1.29 is 18.9 Å². The van der Waals surface area contributed by atoms with Crippen molar-refractivity contribution in [3.63, 3.8) is 0 Å². The van der Waals surface area contributed by atoms with E-state index in [1.165, 1.54) is 0 Å². The summed E-state index contributed by atoms with van der Waals surface area (Å²) in [6.07, 6.45) is -0.466. The van der Waals surface area contributed by atoms with Crippen molar-refractivity contribution >= 4 is 0 Å². The summed E-state index contributed by atoms with van der Waals surface area (Å²) < 4.78 is 20.7. The van der Waals surface area contributed by atoms with Gasteiger partial charge in [-0.25, -0.2) is 0 Å². The second kappa shape index (κ2) is 9.95. The molecule has 0 spiro atoms. The van der Waals surface area contributed by atoms with Crippen LogP contribution in [0.3, 0.4) is 0 Å². The molecule has 0 fully saturated rings. The number of ether oxygens (including phenoxy) is 4. The molecule has 0 aromatic rings. The zero-order valence-electron chi connectivity index (χ0n) is 10.6. The molecule has 16 heavy (non-hydrogen) atoms. The highest BCUT2D eigenvalue weighted by Gasteiger charge is 2.22. The summed E-state index contributed by atoms with van der Waals surface area (Å²) in [6.45, 7) is 1.46. The summed E-state index contributed by atoms with van der Waals surface area (Å²) in [7, 11) is 6.49. The predicted octanol–water partition coefficient (Wildman–Crippen LogP) is -0.816. The van der Waals surface area contributed by atoms with E-state index in [0.717, 1.165) is 0 Å². The van der Waals surface area contributed by atoms with Crippen LogP contribution in [0.5, 0.6) is 0 Å². The summed E-state index contributed by atoms with van der Waals surface area (Å²) in [6, 6.07) is 0.0455. The molecule has 0 aliphatic rings. The van der Waals surface area contributed by atoms with Gasteiger partial charge in [0.15, 0.2) is 0 Å². The van der Waals surface area contributed by atoms with E-state index >= 15 is 0 Å². The number of hydrogen-bond acceptors (Lipinski definition) is 6. The van der Waals surface area contributed by atoms with Gasteiger partial charge in [0.2, 0.25) is 0 Å². The van der Waals surface area contributed by atoms with E-state index in [-0.39, 0.29) is 18.4 Å². The van der Waals surface area contributed by atoms with Crippen molar-refractivity contribution in [1.82, 2.24) is 5.32 Å². The normalized spacial score (nSPS) is 15.4. The Labute approximate surface area is 97.4 Å². The number of hydrogen-bond donors (Lipinski definition) is 2. The Morgan fingerprint density at radius 3 is 1.88 bits per heavy atom. The molecular formula is C10H24N2O4. The monoisotopic (exact) mass is 236 g/mol. The van der Waals surface area contributed by atoms with E-state index in [9.17, 15) is 0 Å². The van der Waals surface area contributed by atoms with Crippen LogP contribution in [-0.2, 0) is 18.9 Å². The first kappa shape index (κ1) is 15.8. The van der Waals surface area contributed by atoms with Crippen LogP contribution in [0.2, 0.25) is 0 Å². The van der Waals surface area contributed by atoms with Crippen molar-refractivity contribution in [2.24, 2.45) is 5.73 Å². The van der Waals surface area contributed by atoms with E-state index in [0.29, 0.717) is 19.8 Å². The molecule has 3 N–H and O–H groups in total. The van der Waals surface area contributed by atoms with Crippen molar-refractivity contribution in [3.05, 3.63) is 0 Å². The van der Waals surface area contributed by atoms with Crippen molar-refractivity contribution in [2.75, 3.05) is 48.2 Å². The quantitative estimate of drug-likeness (QED) is 0.483. The first-order valence-corrected chi connectivity index (χ1v) is 5.23. The average molecular weight is 236 g/mol. The molecule has 0 aliphatic carbocycles. The van der Waals surface area contributed by atoms with Crippen molar-refractivity contribution in [2.45, 2.75) is 18.4 Å². The van der Waals surface area contributed by atoms with Gasteiger partial charge in [-0.3, -0.25) is 5.32 Å². The molecule has 0 saturated heterocycles. The summed E-state index contributed by atoms with van der Waals surface area (Å²) in [5.74, 6) is 0. The Hall–Kier alpha value is -0.240. The van der Waals surface area contributed by atoms with E-state index in [4.69, 9.17) is 24.7 Å². The molecule has 2 atom stereocenters. The number of nitrogens with two attached hydrogens (primary N) is 1. The molecule has 0 aliphatic heterocycles. The minimum absolute atomic E-state index is 0.0455. The van der Waals surface area contributed by atoms with Gasteiger partial charge in [0.25, 0.3) is 0 Å². The highest BCUT2D eigenvalue weighted by molar-refractivity contribution is 4.75. The first-order valence-electron chi connectivity index (χ1n) is 5.23. The van der Waals surface area contributed by atoms with Crippen LogP contribution in [0.15, 0.2) is 0 Å². The lowest BCUT2D eigenvalue weighted by atomic mass is 10.2. The molecular weight excluding hydrogens is 212 g/mol. The third-order valence-electron chi connectivity index (χ3n) is 2.26. The zero-order valence-corrected chi connectivity index (χ0v) is 10.6. The summed E-state index contributed by atoms with van der Waals surface area (Å²) in [5, 5.41) is 3.23. The van der Waals surface area contributed by atoms with Crippen LogP contribution in [0.4, 0.5) is 0 Å². The fourth-order valence-electron chi connectivity index (χ4n) is 1.45. The number of methoxy groups -OCH3 is 4. The lowest BCUT2D eigenvalue weighted by Crippen LogP contribution is -2.52. The van der Waals surface area contributed by atoms with Gasteiger partial charge in [-0.05, 0) is 0 Å². The standard InChI is InChI=1S/C10H24N2O4/c1-13-6-8(7-14-2)12-10(16-4)9(5-11)15-3/h8-10,12H,5-7,11H2,1-4H3. The van der Waals surface area contributed by atoms with Gasteiger partial charge in [-0.15, -0.1) is 0 Å². The molecule has 0 aromatic carbocycles. The fourth-order valence-corrected chi connectivity index (χ4v) is 1.45. The molecule has 0 bridgehead atoms. The zero-order chi connectivity index (χ0) is 12.4. The van der Waals surface area contributed by atoms with Crippen LogP contribution in [0.1, 0.15) is 0 Å². The highest BCUT2D eigenvalue weighted by atomic mass is 16.5. The van der Waals surface area contributed by atoms with Gasteiger partial charge in [-0.1, -0.05) is 0 Å². The van der Waals surface area contributed by atoms with Crippen LogP contribution < -0.4 is 11.1 Å².